The van der Waals surface area contributed by atoms with Gasteiger partial charge >= 0.3 is 0 Å². The Labute approximate surface area is 180 Å². The maximum Gasteiger partial charge on any atom is 0.290 e. The molecule has 1 aliphatic heterocycles. The predicted octanol–water partition coefficient (Wildman–Crippen LogP) is 2.07. The van der Waals surface area contributed by atoms with Gasteiger partial charge in [0.2, 0.25) is 0 Å². The zero-order chi connectivity index (χ0) is 21.8. The maximum absolute atomic E-state index is 11.1. The van der Waals surface area contributed by atoms with Gasteiger partial charge in [0.25, 0.3) is 12.4 Å². The first-order valence-electron chi connectivity index (χ1n) is 8.63. The van der Waals surface area contributed by atoms with E-state index >= 15 is 0 Å². The Hall–Kier alpha value is -2.91. The van der Waals surface area contributed by atoms with Gasteiger partial charge in [0.15, 0.2) is 0 Å². The van der Waals surface area contributed by atoms with E-state index in [2.05, 4.69) is 44.9 Å². The lowest BCUT2D eigenvalue weighted by Crippen LogP contribution is -2.46. The normalized spacial score (nSPS) is 12.6. The SMILES string of the molecule is Cc1ccc(N2CCN(c3ccc(C(N)=O)nc3)CC2)cc1Cl.NC=S.O=CO. The molecule has 1 aromatic heterocycles. The van der Waals surface area contributed by atoms with Crippen LogP contribution in [0, 0.1) is 6.92 Å². The van der Waals surface area contributed by atoms with Crippen LogP contribution in [0.2, 0.25) is 5.02 Å². The van der Waals surface area contributed by atoms with Crippen LogP contribution in [0.4, 0.5) is 11.4 Å². The van der Waals surface area contributed by atoms with E-state index in [0.29, 0.717) is 5.69 Å². The minimum absolute atomic E-state index is 0.250. The number of pyridine rings is 1. The van der Waals surface area contributed by atoms with Gasteiger partial charge in [-0.15, -0.1) is 0 Å². The molecule has 0 unspecified atom stereocenters. The molecule has 0 atom stereocenters. The lowest BCUT2D eigenvalue weighted by Gasteiger charge is -2.37. The molecule has 1 aliphatic rings. The zero-order valence-electron chi connectivity index (χ0n) is 16.0. The molecule has 2 heterocycles. The summed E-state index contributed by atoms with van der Waals surface area (Å²) in [6.07, 6.45) is 1.71. The van der Waals surface area contributed by atoms with Gasteiger partial charge in [0.1, 0.15) is 5.69 Å². The van der Waals surface area contributed by atoms with Crippen LogP contribution in [0.25, 0.3) is 0 Å². The van der Waals surface area contributed by atoms with Gasteiger partial charge in [0.05, 0.1) is 17.4 Å². The number of anilines is 2. The molecule has 156 valence electrons. The Kier molecular flexibility index (Phi) is 10.4. The number of carbonyl (C=O) groups is 2. The monoisotopic (exact) mass is 437 g/mol. The fraction of sp³-hybridized carbons (Fsp3) is 0.263. The highest BCUT2D eigenvalue weighted by atomic mass is 35.5. The van der Waals surface area contributed by atoms with E-state index < -0.39 is 5.91 Å². The van der Waals surface area contributed by atoms with Crippen molar-refractivity contribution in [1.82, 2.24) is 4.98 Å². The molecule has 0 aliphatic carbocycles. The van der Waals surface area contributed by atoms with Crippen LogP contribution in [0.5, 0.6) is 0 Å². The first kappa shape index (κ1) is 24.1. The summed E-state index contributed by atoms with van der Waals surface area (Å²) in [5, 5.41) is 7.69. The van der Waals surface area contributed by atoms with E-state index in [9.17, 15) is 4.79 Å². The largest absolute Gasteiger partial charge is 0.483 e. The van der Waals surface area contributed by atoms with E-state index in [0.717, 1.165) is 53.6 Å². The minimum atomic E-state index is -0.502. The summed E-state index contributed by atoms with van der Waals surface area (Å²) >= 11 is 10.3. The van der Waals surface area contributed by atoms with E-state index in [4.69, 9.17) is 27.2 Å². The van der Waals surface area contributed by atoms with Crippen molar-refractivity contribution in [1.29, 1.82) is 0 Å². The van der Waals surface area contributed by atoms with Gasteiger partial charge in [-0.05, 0) is 36.8 Å². The van der Waals surface area contributed by atoms with Crippen LogP contribution in [0.3, 0.4) is 0 Å². The lowest BCUT2D eigenvalue weighted by atomic mass is 10.2. The molecule has 1 saturated heterocycles. The van der Waals surface area contributed by atoms with E-state index in [1.807, 2.05) is 19.1 Å². The number of nitrogens with two attached hydrogens (primary N) is 2. The van der Waals surface area contributed by atoms with Crippen molar-refractivity contribution in [3.05, 3.63) is 52.8 Å². The number of piperazine rings is 1. The number of hydrogen-bond acceptors (Lipinski definition) is 6. The maximum atomic E-state index is 11.1. The minimum Gasteiger partial charge on any atom is -0.483 e. The van der Waals surface area contributed by atoms with Crippen LogP contribution in [-0.4, -0.2) is 54.1 Å². The van der Waals surface area contributed by atoms with Crippen molar-refractivity contribution in [3.8, 4) is 0 Å². The molecule has 3 rings (SSSR count). The van der Waals surface area contributed by atoms with Crippen LogP contribution in [0.15, 0.2) is 36.5 Å². The highest BCUT2D eigenvalue weighted by molar-refractivity contribution is 7.78. The predicted molar refractivity (Wildman–Crippen MR) is 120 cm³/mol. The Bertz CT molecular complexity index is 806. The number of aromatic nitrogens is 1. The molecule has 1 fully saturated rings. The summed E-state index contributed by atoms with van der Waals surface area (Å²) in [6, 6.07) is 9.75. The summed E-state index contributed by atoms with van der Waals surface area (Å²) in [5.74, 6) is -0.502. The van der Waals surface area contributed by atoms with Crippen molar-refractivity contribution >= 4 is 53.1 Å². The summed E-state index contributed by atoms with van der Waals surface area (Å²) in [4.78, 5) is 28.1. The van der Waals surface area contributed by atoms with Crippen LogP contribution in [0.1, 0.15) is 16.1 Å². The number of hydrogen-bond donors (Lipinski definition) is 3. The molecule has 0 spiro atoms. The summed E-state index contributed by atoms with van der Waals surface area (Å²) in [5.41, 5.74) is 14.4. The van der Waals surface area contributed by atoms with Crippen molar-refractivity contribution in [2.45, 2.75) is 6.92 Å². The fourth-order valence-corrected chi connectivity index (χ4v) is 2.89. The second-order valence-corrected chi connectivity index (χ2v) is 6.59. The Morgan fingerprint density at radius 1 is 1.17 bits per heavy atom. The Morgan fingerprint density at radius 2 is 1.66 bits per heavy atom. The van der Waals surface area contributed by atoms with Gasteiger partial charge in [-0.3, -0.25) is 9.59 Å². The van der Waals surface area contributed by atoms with Gasteiger partial charge in [-0.2, -0.15) is 0 Å². The average molecular weight is 438 g/mol. The number of carboxylic acid groups (broad SMARTS) is 1. The fourth-order valence-electron chi connectivity index (χ4n) is 2.72. The molecule has 5 N–H and O–H groups in total. The standard InChI is InChI=1S/C17H19ClN4O.CH3NS.CH2O2/c1-12-2-3-13(10-15(12)18)21-6-8-22(9-7-21)14-4-5-16(17(19)23)20-11-14;2*2-1-3/h2-5,10-11H,6-9H2,1H3,(H2,19,23);1H,(H2,2,3);1H,(H,2,3). The molecule has 2 aromatic rings. The van der Waals surface area contributed by atoms with E-state index in [1.165, 1.54) is 0 Å². The number of nitrogens with zero attached hydrogens (tertiary/aromatic N) is 3. The van der Waals surface area contributed by atoms with Crippen molar-refractivity contribution in [2.75, 3.05) is 36.0 Å². The second kappa shape index (κ2) is 12.5. The number of halogens is 1. The quantitative estimate of drug-likeness (QED) is 0.492. The number of thiocarbonyl (C=S) groups is 1. The zero-order valence-corrected chi connectivity index (χ0v) is 17.6. The molecule has 10 heteroatoms. The highest BCUT2D eigenvalue weighted by Crippen LogP contribution is 2.25. The molecular formula is C19H24ClN5O3S. The number of rotatable bonds is 3. The van der Waals surface area contributed by atoms with Crippen molar-refractivity contribution in [3.63, 3.8) is 0 Å². The van der Waals surface area contributed by atoms with Crippen LogP contribution < -0.4 is 21.3 Å². The van der Waals surface area contributed by atoms with E-state index in [-0.39, 0.29) is 6.47 Å². The van der Waals surface area contributed by atoms with Gasteiger partial charge in [-0.25, -0.2) is 4.98 Å². The molecule has 0 bridgehead atoms. The number of benzene rings is 1. The van der Waals surface area contributed by atoms with Crippen molar-refractivity contribution < 1.29 is 14.7 Å². The molecule has 8 nitrogen and oxygen atoms in total. The number of carbonyl (C=O) groups excluding carboxylic acids is 1. The third-order valence-corrected chi connectivity index (χ3v) is 4.57. The molecule has 0 radical (unpaired) electrons. The number of primary amides is 1. The third-order valence-electron chi connectivity index (χ3n) is 4.17. The van der Waals surface area contributed by atoms with E-state index in [1.54, 1.807) is 12.3 Å². The smallest absolute Gasteiger partial charge is 0.290 e. The van der Waals surface area contributed by atoms with Crippen LogP contribution in [-0.2, 0) is 4.79 Å². The number of aryl methyl sites for hydroxylation is 1. The second-order valence-electron chi connectivity index (χ2n) is 5.91. The van der Waals surface area contributed by atoms with Gasteiger partial charge in [-0.1, -0.05) is 29.9 Å². The Balaban J connectivity index is 0.000000626. The van der Waals surface area contributed by atoms with Gasteiger partial charge in [0, 0.05) is 36.9 Å². The first-order chi connectivity index (χ1) is 13.9. The topological polar surface area (TPSA) is 126 Å². The third kappa shape index (κ3) is 7.55. The Morgan fingerprint density at radius 3 is 2.07 bits per heavy atom. The lowest BCUT2D eigenvalue weighted by molar-refractivity contribution is -0.122. The molecule has 1 amide bonds. The molecular weight excluding hydrogens is 414 g/mol. The number of amides is 1. The van der Waals surface area contributed by atoms with Crippen molar-refractivity contribution in [2.24, 2.45) is 11.5 Å². The van der Waals surface area contributed by atoms with Crippen LogP contribution >= 0.6 is 23.8 Å². The summed E-state index contributed by atoms with van der Waals surface area (Å²) < 4.78 is 0. The summed E-state index contributed by atoms with van der Waals surface area (Å²) in [7, 11) is 0. The first-order valence-corrected chi connectivity index (χ1v) is 9.48. The highest BCUT2D eigenvalue weighted by Gasteiger charge is 2.18. The molecule has 0 saturated carbocycles. The van der Waals surface area contributed by atoms with Gasteiger partial charge < -0.3 is 26.4 Å². The molecule has 29 heavy (non-hydrogen) atoms. The molecule has 1 aromatic carbocycles. The average Bonchev–Trinajstić information content (AvgIpc) is 2.71. The summed E-state index contributed by atoms with van der Waals surface area (Å²) in [6.45, 7) is 5.37.